The van der Waals surface area contributed by atoms with Crippen LogP contribution in [0.4, 0.5) is 0 Å². The van der Waals surface area contributed by atoms with Gasteiger partial charge in [0.1, 0.15) is 23.6 Å². The molecule has 3 atom stereocenters. The normalized spacial score (nSPS) is 16.1. The molecule has 0 bridgehead atoms. The molecule has 1 aliphatic carbocycles. The van der Waals surface area contributed by atoms with Gasteiger partial charge in [0.2, 0.25) is 17.6 Å². The fraction of sp³-hybridized carbons (Fsp3) is 0.571. The topological polar surface area (TPSA) is 132 Å². The first kappa shape index (κ1) is 29.0. The highest BCUT2D eigenvalue weighted by atomic mass is 16.5. The van der Waals surface area contributed by atoms with E-state index in [0.29, 0.717) is 30.3 Å². The number of ether oxygens (including phenoxy) is 2. The third-order valence-electron chi connectivity index (χ3n) is 7.31. The Hall–Kier alpha value is -3.56. The average Bonchev–Trinajstić information content (AvgIpc) is 3.49. The van der Waals surface area contributed by atoms with Crippen molar-refractivity contribution >= 4 is 17.7 Å². The monoisotopic (exact) mass is 528 g/mol. The second-order valence-corrected chi connectivity index (χ2v) is 9.91. The zero-order valence-corrected chi connectivity index (χ0v) is 22.7. The van der Waals surface area contributed by atoms with Crippen LogP contribution in [0.1, 0.15) is 74.9 Å². The summed E-state index contributed by atoms with van der Waals surface area (Å²) in [5, 5.41) is 12.2. The van der Waals surface area contributed by atoms with E-state index in [0.717, 1.165) is 31.2 Å². The van der Waals surface area contributed by atoms with Gasteiger partial charge in [-0.1, -0.05) is 57.5 Å². The van der Waals surface area contributed by atoms with E-state index < -0.39 is 18.0 Å². The molecule has 10 nitrogen and oxygen atoms in total. The highest BCUT2D eigenvalue weighted by Gasteiger charge is 2.32. The van der Waals surface area contributed by atoms with Crippen molar-refractivity contribution in [1.29, 1.82) is 0 Å². The van der Waals surface area contributed by atoms with E-state index in [1.807, 2.05) is 13.8 Å². The lowest BCUT2D eigenvalue weighted by atomic mass is 9.84. The number of nitrogens with one attached hydrogen (secondary N) is 3. The molecule has 10 heteroatoms. The Morgan fingerprint density at radius 1 is 1.05 bits per heavy atom. The highest BCUT2D eigenvalue weighted by molar-refractivity contribution is 5.96. The number of aromatic nitrogens is 1. The summed E-state index contributed by atoms with van der Waals surface area (Å²) in [4.78, 5) is 39.6. The molecule has 0 spiro atoms. The molecule has 0 saturated heterocycles. The van der Waals surface area contributed by atoms with Crippen molar-refractivity contribution < 1.29 is 28.4 Å². The van der Waals surface area contributed by atoms with Crippen LogP contribution in [0.5, 0.6) is 11.5 Å². The minimum atomic E-state index is -0.798. The molecule has 0 aliphatic heterocycles. The fourth-order valence-corrected chi connectivity index (χ4v) is 4.82. The highest BCUT2D eigenvalue weighted by Crippen LogP contribution is 2.28. The van der Waals surface area contributed by atoms with Gasteiger partial charge in [-0.15, -0.1) is 0 Å². The number of amides is 3. The number of hydrogen-bond acceptors (Lipinski definition) is 7. The molecule has 3 N–H and O–H groups in total. The van der Waals surface area contributed by atoms with Gasteiger partial charge >= 0.3 is 0 Å². The van der Waals surface area contributed by atoms with Gasteiger partial charge in [-0.2, -0.15) is 0 Å². The van der Waals surface area contributed by atoms with Gasteiger partial charge in [0.15, 0.2) is 0 Å². The first-order valence-electron chi connectivity index (χ1n) is 13.4. The predicted molar refractivity (Wildman–Crippen MR) is 142 cm³/mol. The maximum absolute atomic E-state index is 13.5. The number of carbonyl (C=O) groups excluding carboxylic acids is 3. The van der Waals surface area contributed by atoms with E-state index in [2.05, 4.69) is 21.1 Å². The molecule has 1 aromatic carbocycles. The van der Waals surface area contributed by atoms with E-state index in [-0.39, 0.29) is 30.0 Å². The quantitative estimate of drug-likeness (QED) is 0.362. The lowest BCUT2D eigenvalue weighted by Crippen LogP contribution is -2.56. The Morgan fingerprint density at radius 2 is 1.82 bits per heavy atom. The fourth-order valence-electron chi connectivity index (χ4n) is 4.82. The SMILES string of the molecule is CC[C@H](C)[C@H](NC(=O)[C@H](CC1CCCCC1)NC(=O)c1ccno1)C(=O)NCc1cc(OC)ccc1OC. The zero-order valence-electron chi connectivity index (χ0n) is 22.7. The number of hydrogen-bond donors (Lipinski definition) is 3. The Bertz CT molecular complexity index is 1050. The zero-order chi connectivity index (χ0) is 27.5. The summed E-state index contributed by atoms with van der Waals surface area (Å²) in [6.07, 6.45) is 8.00. The molecule has 1 aliphatic rings. The number of rotatable bonds is 13. The van der Waals surface area contributed by atoms with E-state index in [1.165, 1.54) is 18.7 Å². The summed E-state index contributed by atoms with van der Waals surface area (Å²) in [7, 11) is 3.14. The van der Waals surface area contributed by atoms with Crippen LogP contribution < -0.4 is 25.4 Å². The number of methoxy groups -OCH3 is 2. The molecular weight excluding hydrogens is 488 g/mol. The van der Waals surface area contributed by atoms with Crippen LogP contribution in [-0.4, -0.2) is 49.2 Å². The molecule has 38 heavy (non-hydrogen) atoms. The van der Waals surface area contributed by atoms with Crippen molar-refractivity contribution in [2.45, 2.75) is 77.4 Å². The lowest BCUT2D eigenvalue weighted by Gasteiger charge is -2.29. The van der Waals surface area contributed by atoms with Gasteiger partial charge in [-0.25, -0.2) is 0 Å². The van der Waals surface area contributed by atoms with Gasteiger partial charge in [-0.3, -0.25) is 14.4 Å². The number of benzene rings is 1. The molecule has 0 radical (unpaired) electrons. The Morgan fingerprint density at radius 3 is 2.45 bits per heavy atom. The molecule has 1 heterocycles. The third kappa shape index (κ3) is 7.97. The lowest BCUT2D eigenvalue weighted by molar-refractivity contribution is -0.131. The van der Waals surface area contributed by atoms with Crippen LogP contribution in [-0.2, 0) is 16.1 Å². The molecular formula is C28H40N4O6. The molecule has 3 amide bonds. The Labute approximate surface area is 224 Å². The Balaban J connectivity index is 1.72. The second-order valence-electron chi connectivity index (χ2n) is 9.91. The summed E-state index contributed by atoms with van der Waals surface area (Å²) >= 11 is 0. The standard InChI is InChI=1S/C28H40N4O6/c1-5-18(2)25(28(35)29-17-20-16-21(36-3)11-12-23(20)37-4)32-26(33)22(15-19-9-7-6-8-10-19)31-27(34)24-13-14-30-38-24/h11-14,16,18-19,22,25H,5-10,15,17H2,1-4H3,(H,29,35)(H,31,34)(H,32,33)/t18-,22-,25-/m0/s1. The summed E-state index contributed by atoms with van der Waals surface area (Å²) in [6, 6.07) is 5.24. The van der Waals surface area contributed by atoms with Crippen molar-refractivity contribution in [2.24, 2.45) is 11.8 Å². The predicted octanol–water partition coefficient (Wildman–Crippen LogP) is 3.61. The maximum atomic E-state index is 13.5. The van der Waals surface area contributed by atoms with Crippen molar-refractivity contribution in [2.75, 3.05) is 14.2 Å². The summed E-state index contributed by atoms with van der Waals surface area (Å²) in [6.45, 7) is 4.09. The largest absolute Gasteiger partial charge is 0.497 e. The van der Waals surface area contributed by atoms with E-state index in [1.54, 1.807) is 32.4 Å². The molecule has 3 rings (SSSR count). The molecule has 1 aromatic heterocycles. The van der Waals surface area contributed by atoms with E-state index >= 15 is 0 Å². The van der Waals surface area contributed by atoms with Crippen LogP contribution in [0.2, 0.25) is 0 Å². The van der Waals surface area contributed by atoms with Gasteiger partial charge < -0.3 is 29.9 Å². The third-order valence-corrected chi connectivity index (χ3v) is 7.31. The summed E-state index contributed by atoms with van der Waals surface area (Å²) < 4.78 is 15.7. The number of carbonyl (C=O) groups is 3. The second kappa shape index (κ2) is 14.4. The maximum Gasteiger partial charge on any atom is 0.290 e. The van der Waals surface area contributed by atoms with E-state index in [9.17, 15) is 14.4 Å². The first-order valence-corrected chi connectivity index (χ1v) is 13.4. The van der Waals surface area contributed by atoms with Crippen molar-refractivity contribution in [3.63, 3.8) is 0 Å². The van der Waals surface area contributed by atoms with Crippen molar-refractivity contribution in [3.8, 4) is 11.5 Å². The van der Waals surface area contributed by atoms with Crippen molar-refractivity contribution in [1.82, 2.24) is 21.1 Å². The van der Waals surface area contributed by atoms with Gasteiger partial charge in [0, 0.05) is 18.2 Å². The Kier molecular flexibility index (Phi) is 11.0. The minimum Gasteiger partial charge on any atom is -0.497 e. The summed E-state index contributed by atoms with van der Waals surface area (Å²) in [5.41, 5.74) is 0.754. The molecule has 1 fully saturated rings. The van der Waals surface area contributed by atoms with Gasteiger partial charge in [0.05, 0.1) is 20.4 Å². The minimum absolute atomic E-state index is 0.0369. The van der Waals surface area contributed by atoms with Crippen LogP contribution in [0.25, 0.3) is 0 Å². The van der Waals surface area contributed by atoms with Crippen LogP contribution >= 0.6 is 0 Å². The molecule has 208 valence electrons. The number of nitrogens with zero attached hydrogens (tertiary/aromatic N) is 1. The van der Waals surface area contributed by atoms with Gasteiger partial charge in [-0.05, 0) is 36.5 Å². The van der Waals surface area contributed by atoms with Crippen LogP contribution in [0.3, 0.4) is 0 Å². The van der Waals surface area contributed by atoms with Gasteiger partial charge in [0.25, 0.3) is 5.91 Å². The summed E-state index contributed by atoms with van der Waals surface area (Å²) in [5.74, 6) is 0.298. The van der Waals surface area contributed by atoms with E-state index in [4.69, 9.17) is 14.0 Å². The van der Waals surface area contributed by atoms with Crippen LogP contribution in [0, 0.1) is 11.8 Å². The average molecular weight is 529 g/mol. The molecule has 1 saturated carbocycles. The smallest absolute Gasteiger partial charge is 0.290 e. The molecule has 2 aromatic rings. The first-order chi connectivity index (χ1) is 18.4. The van der Waals surface area contributed by atoms with Crippen LogP contribution in [0.15, 0.2) is 35.0 Å². The van der Waals surface area contributed by atoms with Crippen molar-refractivity contribution in [3.05, 3.63) is 41.8 Å². The molecule has 0 unspecified atom stereocenters.